The van der Waals surface area contributed by atoms with E-state index in [-0.39, 0.29) is 116 Å². The maximum Gasteiger partial charge on any atom is 0.220 e. The third-order valence-electron chi connectivity index (χ3n) is 21.3. The predicted octanol–water partition coefficient (Wildman–Crippen LogP) is -2.38. The topological polar surface area (TPSA) is 508 Å². The molecule has 2 aromatic heterocycles. The molecule has 9 aliphatic rings. The second-order valence-electron chi connectivity index (χ2n) is 33.3. The number of rotatable bonds is 64. The molecular formula is C79H134N14O31. The van der Waals surface area contributed by atoms with Gasteiger partial charge in [0.15, 0.2) is 36.2 Å². The standard InChI is InChI=1S/C79H134N14O31/c1-54(94)83-61-64-67(119-73(4,5)116-64)77(51-113-70(61)122-77)48-107-36-33-104-30-27-101-24-21-98-18-15-91(82)39-57(81)42-110-45-76(86-60(97)13-11-10-12-14-80,46-111-43-58-40-92(89-87-58)16-19-99-22-25-102-28-31-105-34-37-108-49-78-52-114-71(123-78)62(84-55(2)95)65-68(78)120-74(6,7)117-65)47-112-44-59-41-93(90-88-59)17-20-100-23-26-103-29-32-106-35-38-109-50-79-53-115-72(124-79)63(85-56(3)96)66-69(79)121-75(8,9)118-66/h39-41,61-72H,10-38,42-53,80-82H2,1-9H3,(H,83,94)(H,84,95)(H,85,96)(H,86,97)/b57-39-/t61-,62-,63-,64-,65-,66-,67-,68-,69-,70+,71+,72+,77+,78+,79+/m1/s1. The van der Waals surface area contributed by atoms with Crippen LogP contribution in [0.15, 0.2) is 24.3 Å². The van der Waals surface area contributed by atoms with Gasteiger partial charge in [-0.2, -0.15) is 0 Å². The fourth-order valence-electron chi connectivity index (χ4n) is 15.8. The van der Waals surface area contributed by atoms with Crippen LogP contribution in [0.5, 0.6) is 0 Å². The van der Waals surface area contributed by atoms with Gasteiger partial charge in [0.25, 0.3) is 0 Å². The maximum absolute atomic E-state index is 13.9. The third-order valence-corrected chi connectivity index (χ3v) is 21.3. The molecule has 124 heavy (non-hydrogen) atoms. The van der Waals surface area contributed by atoms with E-state index >= 15 is 0 Å². The number of unbranched alkanes of at least 4 members (excludes halogenated alkanes) is 2. The molecule has 0 aromatic carbocycles. The van der Waals surface area contributed by atoms with E-state index in [1.807, 2.05) is 41.5 Å². The summed E-state index contributed by atoms with van der Waals surface area (Å²) in [6.45, 7) is 24.7. The Kier molecular flexibility index (Phi) is 38.5. The van der Waals surface area contributed by atoms with Crippen LogP contribution >= 0.6 is 0 Å². The number of hydrazine groups is 1. The van der Waals surface area contributed by atoms with Crippen LogP contribution in [0.3, 0.4) is 0 Å². The van der Waals surface area contributed by atoms with E-state index in [9.17, 15) is 19.2 Å². The molecule has 10 N–H and O–H groups in total. The Hall–Kier alpha value is -5.66. The van der Waals surface area contributed by atoms with Crippen molar-refractivity contribution in [2.75, 3.05) is 218 Å². The maximum atomic E-state index is 13.9. The lowest BCUT2D eigenvalue weighted by Crippen LogP contribution is -2.65. The molecule has 9 saturated heterocycles. The van der Waals surface area contributed by atoms with Crippen LogP contribution in [0.1, 0.15) is 99.4 Å². The second-order valence-corrected chi connectivity index (χ2v) is 33.3. The number of hydrogen-bond donors (Lipinski definition) is 7. The molecule has 0 radical (unpaired) electrons. The number of ether oxygens (including phenoxy) is 27. The first kappa shape index (κ1) is 98.9. The number of carbonyl (C=O) groups is 4. The van der Waals surface area contributed by atoms with Gasteiger partial charge in [-0.1, -0.05) is 16.8 Å². The first-order valence-corrected chi connectivity index (χ1v) is 42.9. The largest absolute Gasteiger partial charge is 0.399 e. The molecule has 706 valence electrons. The van der Waals surface area contributed by atoms with Gasteiger partial charge in [-0.15, -0.1) is 10.2 Å². The Bertz CT molecular complexity index is 3430. The normalized spacial score (nSPS) is 28.6. The average Bonchev–Trinajstić information content (AvgIpc) is 1.58. The molecule has 11 heterocycles. The van der Waals surface area contributed by atoms with Crippen molar-refractivity contribution in [2.45, 2.75) is 228 Å². The summed E-state index contributed by atoms with van der Waals surface area (Å²) < 4.78 is 166. The van der Waals surface area contributed by atoms with E-state index in [1.54, 1.807) is 28.0 Å². The van der Waals surface area contributed by atoms with Crippen molar-refractivity contribution >= 4 is 23.6 Å². The minimum absolute atomic E-state index is 0.0187. The quantitative estimate of drug-likeness (QED) is 0.0207. The molecule has 2 aromatic rings. The lowest BCUT2D eigenvalue weighted by Gasteiger charge is -2.42. The molecule has 45 nitrogen and oxygen atoms in total. The number of hydrogen-bond acceptors (Lipinski definition) is 39. The number of nitrogens with one attached hydrogen (secondary N) is 4. The van der Waals surface area contributed by atoms with Crippen molar-refractivity contribution in [1.29, 1.82) is 0 Å². The molecule has 9 fully saturated rings. The number of fused-ring (bicyclic) bond motifs is 12. The molecule has 0 spiro atoms. The van der Waals surface area contributed by atoms with Gasteiger partial charge in [-0.25, -0.2) is 15.2 Å². The summed E-state index contributed by atoms with van der Waals surface area (Å²) >= 11 is 0. The Morgan fingerprint density at radius 1 is 0.460 bits per heavy atom. The van der Waals surface area contributed by atoms with Gasteiger partial charge in [0, 0.05) is 33.4 Å². The molecule has 0 saturated carbocycles. The van der Waals surface area contributed by atoms with E-state index in [0.29, 0.717) is 182 Å². The molecule has 11 rings (SSSR count). The summed E-state index contributed by atoms with van der Waals surface area (Å²) in [5, 5.41) is 30.5. The zero-order valence-electron chi connectivity index (χ0n) is 73.2. The monoisotopic (exact) mass is 1770 g/mol. The van der Waals surface area contributed by atoms with Crippen molar-refractivity contribution in [2.24, 2.45) is 17.3 Å². The second kappa shape index (κ2) is 48.3. The smallest absolute Gasteiger partial charge is 0.220 e. The highest BCUT2D eigenvalue weighted by Crippen LogP contribution is 2.50. The number of carbonyl (C=O) groups excluding carboxylic acids is 4. The SMILES string of the molecule is CC(=O)N[C@H]1[C@H]2OC[C@](COCCOCCOCCOCCN(N)/C=C(\N)COCC(COCc3cn(CCOCCOCCOCCOC[C@@]45CO[C@@H](O4)[C@H](NC(C)=O)[C@H]4OC(C)(C)O[C@H]45)nn3)(COCc3cn(CCOCCOCCOCCOC[C@@]45CO[C@@H](O4)[C@H](NC(C)=O)[C@H]4OC(C)(C)O[C@H]45)nn3)NC(=O)CCCCCN)(O2)[C@@H]2OC(C)(C)O[C@H]12. The van der Waals surface area contributed by atoms with Crippen molar-refractivity contribution in [1.82, 2.24) is 56.3 Å². The van der Waals surface area contributed by atoms with Gasteiger partial charge in [-0.3, -0.25) is 19.2 Å². The number of aromatic nitrogens is 6. The van der Waals surface area contributed by atoms with Crippen LogP contribution in [-0.4, -0.2) is 390 Å². The predicted molar refractivity (Wildman–Crippen MR) is 427 cm³/mol. The van der Waals surface area contributed by atoms with Gasteiger partial charge in [-0.05, 0) is 60.9 Å². The Labute approximate surface area is 722 Å². The van der Waals surface area contributed by atoms with Crippen LogP contribution in [0, 0.1) is 0 Å². The van der Waals surface area contributed by atoms with Gasteiger partial charge in [0.05, 0.1) is 256 Å². The summed E-state index contributed by atoms with van der Waals surface area (Å²) in [7, 11) is 0. The van der Waals surface area contributed by atoms with E-state index in [0.717, 1.165) is 12.8 Å². The molecule has 15 atom stereocenters. The number of nitrogens with zero attached hydrogens (tertiary/aromatic N) is 7. The van der Waals surface area contributed by atoms with Gasteiger partial charge < -0.3 is 166 Å². The Balaban J connectivity index is 0.573. The molecule has 0 aliphatic carbocycles. The summed E-state index contributed by atoms with van der Waals surface area (Å²) in [6, 6.07) is -1.55. The zero-order valence-corrected chi connectivity index (χ0v) is 73.2. The summed E-state index contributed by atoms with van der Waals surface area (Å²) in [5.41, 5.74) is 9.69. The van der Waals surface area contributed by atoms with Crippen molar-refractivity contribution in [3.8, 4) is 0 Å². The summed E-state index contributed by atoms with van der Waals surface area (Å²) in [5.74, 6) is 2.82. The van der Waals surface area contributed by atoms with Crippen molar-refractivity contribution in [3.05, 3.63) is 35.7 Å². The van der Waals surface area contributed by atoms with E-state index in [4.69, 9.17) is 145 Å². The van der Waals surface area contributed by atoms with Crippen LogP contribution in [-0.2, 0) is 173 Å². The van der Waals surface area contributed by atoms with Crippen LogP contribution in [0.25, 0.3) is 0 Å². The lowest BCUT2D eigenvalue weighted by molar-refractivity contribution is -0.214. The lowest BCUT2D eigenvalue weighted by atomic mass is 9.88. The van der Waals surface area contributed by atoms with Crippen LogP contribution < -0.4 is 38.6 Å². The van der Waals surface area contributed by atoms with Crippen molar-refractivity contribution < 1.29 is 147 Å². The van der Waals surface area contributed by atoms with Crippen LogP contribution in [0.2, 0.25) is 0 Å². The van der Waals surface area contributed by atoms with Gasteiger partial charge >= 0.3 is 0 Å². The molecule has 45 heteroatoms. The zero-order chi connectivity index (χ0) is 88.1. The van der Waals surface area contributed by atoms with E-state index in [2.05, 4.69) is 41.9 Å². The summed E-state index contributed by atoms with van der Waals surface area (Å²) in [4.78, 5) is 49.8. The highest BCUT2D eigenvalue weighted by Gasteiger charge is 2.69. The fraction of sp³-hybridized carbons (Fsp3) is 0.873. The Morgan fingerprint density at radius 2 is 0.798 bits per heavy atom. The molecule has 9 aliphatic heterocycles. The van der Waals surface area contributed by atoms with Gasteiger partial charge in [0.1, 0.15) is 88.5 Å². The summed E-state index contributed by atoms with van der Waals surface area (Å²) in [6.07, 6.45) is 2.39. The number of amides is 4. The minimum atomic E-state index is -1.27. The van der Waals surface area contributed by atoms with Crippen LogP contribution in [0.4, 0.5) is 0 Å². The molecule has 4 amide bonds. The van der Waals surface area contributed by atoms with E-state index in [1.165, 1.54) is 25.8 Å². The fourth-order valence-corrected chi connectivity index (χ4v) is 15.8. The molecule has 0 unspecified atom stereocenters. The highest BCUT2D eigenvalue weighted by molar-refractivity contribution is 5.77. The highest BCUT2D eigenvalue weighted by atomic mass is 16.8. The number of nitrogens with two attached hydrogens (primary N) is 3. The first-order valence-electron chi connectivity index (χ1n) is 42.9. The first-order chi connectivity index (χ1) is 59.7. The van der Waals surface area contributed by atoms with Crippen molar-refractivity contribution in [3.63, 3.8) is 0 Å². The van der Waals surface area contributed by atoms with Gasteiger partial charge in [0.2, 0.25) is 23.6 Å². The molecular weight excluding hydrogens is 1640 g/mol. The average molecular weight is 1780 g/mol. The third kappa shape index (κ3) is 29.7. The van der Waals surface area contributed by atoms with E-state index < -0.39 is 113 Å². The molecule has 6 bridgehead atoms. The minimum Gasteiger partial charge on any atom is -0.399 e. The Morgan fingerprint density at radius 3 is 1.15 bits per heavy atom.